The van der Waals surface area contributed by atoms with Gasteiger partial charge in [0.15, 0.2) is 0 Å². The number of rotatable bonds is 0. The second-order valence-corrected chi connectivity index (χ2v) is 1.90. The van der Waals surface area contributed by atoms with E-state index in [1.807, 2.05) is 0 Å². The van der Waals surface area contributed by atoms with Gasteiger partial charge in [0.2, 0.25) is 11.8 Å². The first kappa shape index (κ1) is 6.22. The van der Waals surface area contributed by atoms with Gasteiger partial charge in [-0.3, -0.25) is 14.9 Å². The lowest BCUT2D eigenvalue weighted by Gasteiger charge is -2.14. The third-order valence-electron chi connectivity index (χ3n) is 1.17. The Morgan fingerprint density at radius 1 is 1.33 bits per heavy atom. The van der Waals surface area contributed by atoms with Crippen LogP contribution < -0.4 is 11.1 Å². The highest BCUT2D eigenvalue weighted by atomic mass is 16.2. The number of amides is 2. The van der Waals surface area contributed by atoms with Gasteiger partial charge in [0.1, 0.15) is 6.04 Å². The molecule has 1 radical (unpaired) electrons. The summed E-state index contributed by atoms with van der Waals surface area (Å²) in [6.45, 7) is 0. The molecule has 0 aromatic carbocycles. The number of nitrogens with one attached hydrogen (secondary N) is 1. The molecule has 3 N–H and O–H groups in total. The summed E-state index contributed by atoms with van der Waals surface area (Å²) in [4.78, 5) is 20.9. The lowest BCUT2D eigenvalue weighted by molar-refractivity contribution is -0.131. The van der Waals surface area contributed by atoms with E-state index in [1.165, 1.54) is 0 Å². The molecular formula is C5H7N2O2. The summed E-state index contributed by atoms with van der Waals surface area (Å²) in [6, 6.07) is 0.245. The van der Waals surface area contributed by atoms with Crippen molar-refractivity contribution in [3.05, 3.63) is 6.04 Å². The van der Waals surface area contributed by atoms with Crippen LogP contribution in [0.1, 0.15) is 12.8 Å². The van der Waals surface area contributed by atoms with Crippen LogP contribution in [0.15, 0.2) is 0 Å². The van der Waals surface area contributed by atoms with Gasteiger partial charge in [0.25, 0.3) is 0 Å². The van der Waals surface area contributed by atoms with Crippen LogP contribution in [0.3, 0.4) is 0 Å². The Morgan fingerprint density at radius 2 is 2.00 bits per heavy atom. The molecule has 0 saturated carbocycles. The first-order valence-electron chi connectivity index (χ1n) is 2.65. The van der Waals surface area contributed by atoms with E-state index in [2.05, 4.69) is 5.32 Å². The number of piperidine rings is 1. The summed E-state index contributed by atoms with van der Waals surface area (Å²) in [6.07, 6.45) is 0.724. The predicted octanol–water partition coefficient (Wildman–Crippen LogP) is -1.09. The van der Waals surface area contributed by atoms with Crippen molar-refractivity contribution in [1.29, 1.82) is 0 Å². The summed E-state index contributed by atoms with van der Waals surface area (Å²) in [7, 11) is 0. The fourth-order valence-corrected chi connectivity index (χ4v) is 0.631. The highest BCUT2D eigenvalue weighted by Gasteiger charge is 2.23. The molecule has 0 aromatic heterocycles. The zero-order valence-electron chi connectivity index (χ0n) is 4.81. The van der Waals surface area contributed by atoms with E-state index in [1.54, 1.807) is 0 Å². The maximum atomic E-state index is 10.5. The van der Waals surface area contributed by atoms with Crippen LogP contribution in [0.2, 0.25) is 0 Å². The Balaban J connectivity index is 2.54. The van der Waals surface area contributed by atoms with E-state index in [0.717, 1.165) is 0 Å². The largest absolute Gasteiger partial charge is 0.315 e. The van der Waals surface area contributed by atoms with Crippen molar-refractivity contribution in [3.63, 3.8) is 0 Å². The van der Waals surface area contributed by atoms with Gasteiger partial charge in [-0.25, -0.2) is 0 Å². The summed E-state index contributed by atoms with van der Waals surface area (Å²) in [5.74, 6) is -0.680. The van der Waals surface area contributed by atoms with E-state index in [0.29, 0.717) is 12.8 Å². The monoisotopic (exact) mass is 127 g/mol. The van der Waals surface area contributed by atoms with Crippen LogP contribution in [0.25, 0.3) is 0 Å². The van der Waals surface area contributed by atoms with Crippen LogP contribution in [0, 0.1) is 6.04 Å². The molecule has 49 valence electrons. The molecule has 0 aliphatic carbocycles. The molecule has 4 nitrogen and oxygen atoms in total. The van der Waals surface area contributed by atoms with E-state index in [-0.39, 0.29) is 11.9 Å². The molecule has 1 fully saturated rings. The minimum atomic E-state index is -0.439. The number of hydrogen-bond donors (Lipinski definition) is 2. The second-order valence-electron chi connectivity index (χ2n) is 1.90. The van der Waals surface area contributed by atoms with Gasteiger partial charge in [-0.15, -0.1) is 0 Å². The summed E-state index contributed by atoms with van der Waals surface area (Å²) in [5, 5.41) is 2.09. The highest BCUT2D eigenvalue weighted by molar-refractivity contribution is 6.04. The molecule has 0 spiro atoms. The Hall–Kier alpha value is -0.900. The van der Waals surface area contributed by atoms with Gasteiger partial charge in [-0.2, -0.15) is 0 Å². The summed E-state index contributed by atoms with van der Waals surface area (Å²) in [5.41, 5.74) is 5.19. The average Bonchev–Trinajstić information content (AvgIpc) is 1.80. The quantitative estimate of drug-likeness (QED) is 0.406. The van der Waals surface area contributed by atoms with Crippen molar-refractivity contribution in [3.8, 4) is 0 Å². The van der Waals surface area contributed by atoms with Crippen molar-refractivity contribution in [2.45, 2.75) is 12.8 Å². The van der Waals surface area contributed by atoms with Crippen molar-refractivity contribution in [2.75, 3.05) is 0 Å². The third kappa shape index (κ3) is 1.26. The Labute approximate surface area is 52.4 Å². The van der Waals surface area contributed by atoms with Crippen molar-refractivity contribution >= 4 is 11.8 Å². The lowest BCUT2D eigenvalue weighted by atomic mass is 10.1. The van der Waals surface area contributed by atoms with Crippen LogP contribution in [0.5, 0.6) is 0 Å². The van der Waals surface area contributed by atoms with Crippen molar-refractivity contribution in [1.82, 2.24) is 5.32 Å². The van der Waals surface area contributed by atoms with Gasteiger partial charge in [-0.05, 0) is 6.42 Å². The maximum absolute atomic E-state index is 10.5. The first-order valence-corrected chi connectivity index (χ1v) is 2.65. The van der Waals surface area contributed by atoms with E-state index >= 15 is 0 Å². The SMILES string of the molecule is N[C]1CCC(=O)NC1=O. The predicted molar refractivity (Wildman–Crippen MR) is 29.8 cm³/mol. The molecule has 0 bridgehead atoms. The average molecular weight is 127 g/mol. The number of carbonyl (C=O) groups is 2. The molecule has 4 heteroatoms. The lowest BCUT2D eigenvalue weighted by Crippen LogP contribution is -2.42. The molecular weight excluding hydrogens is 120 g/mol. The highest BCUT2D eigenvalue weighted by Crippen LogP contribution is 2.06. The van der Waals surface area contributed by atoms with E-state index in [4.69, 9.17) is 5.73 Å². The zero-order valence-corrected chi connectivity index (χ0v) is 4.81. The number of imide groups is 1. The second kappa shape index (κ2) is 2.14. The zero-order chi connectivity index (χ0) is 6.85. The van der Waals surface area contributed by atoms with Crippen LogP contribution in [-0.4, -0.2) is 11.8 Å². The standard InChI is InChI=1S/C5H7N2O2/c6-3-1-2-4(8)7-5(3)9/h1-2,6H2,(H,7,8,9). The van der Waals surface area contributed by atoms with E-state index < -0.39 is 5.91 Å². The summed E-state index contributed by atoms with van der Waals surface area (Å²) >= 11 is 0. The molecule has 1 aliphatic heterocycles. The molecule has 0 aromatic rings. The molecule has 1 heterocycles. The Morgan fingerprint density at radius 3 is 2.44 bits per heavy atom. The molecule has 1 rings (SSSR count). The van der Waals surface area contributed by atoms with Crippen molar-refractivity contribution in [2.24, 2.45) is 5.73 Å². The molecule has 0 atom stereocenters. The minimum Gasteiger partial charge on any atom is -0.315 e. The smallest absolute Gasteiger partial charge is 0.249 e. The van der Waals surface area contributed by atoms with Crippen LogP contribution in [-0.2, 0) is 9.59 Å². The number of carbonyl (C=O) groups excluding carboxylic acids is 2. The van der Waals surface area contributed by atoms with E-state index in [9.17, 15) is 9.59 Å². The van der Waals surface area contributed by atoms with Crippen LogP contribution in [0.4, 0.5) is 0 Å². The van der Waals surface area contributed by atoms with Gasteiger partial charge >= 0.3 is 0 Å². The molecule has 9 heavy (non-hydrogen) atoms. The fourth-order valence-electron chi connectivity index (χ4n) is 0.631. The van der Waals surface area contributed by atoms with Crippen LogP contribution >= 0.6 is 0 Å². The molecule has 0 unspecified atom stereocenters. The summed E-state index contributed by atoms with van der Waals surface area (Å²) < 4.78 is 0. The van der Waals surface area contributed by atoms with Gasteiger partial charge in [0, 0.05) is 6.42 Å². The molecule has 2 amide bonds. The Kier molecular flexibility index (Phi) is 1.48. The topological polar surface area (TPSA) is 72.2 Å². The molecule has 1 aliphatic rings. The normalized spacial score (nSPS) is 21.9. The maximum Gasteiger partial charge on any atom is 0.249 e. The number of nitrogens with two attached hydrogens (primary N) is 1. The first-order chi connectivity index (χ1) is 4.20. The number of hydrogen-bond acceptors (Lipinski definition) is 3. The van der Waals surface area contributed by atoms with Gasteiger partial charge in [0.05, 0.1) is 0 Å². The van der Waals surface area contributed by atoms with Crippen molar-refractivity contribution < 1.29 is 9.59 Å². The minimum absolute atomic E-state index is 0.241. The third-order valence-corrected chi connectivity index (χ3v) is 1.17. The Bertz CT molecular complexity index is 155. The van der Waals surface area contributed by atoms with Gasteiger partial charge in [-0.1, -0.05) is 0 Å². The fraction of sp³-hybridized carbons (Fsp3) is 0.400. The molecule has 1 saturated heterocycles. The van der Waals surface area contributed by atoms with Gasteiger partial charge < -0.3 is 5.73 Å².